The average Bonchev–Trinajstić information content (AvgIpc) is 3.03. The maximum Gasteiger partial charge on any atom is 0.328 e. The van der Waals surface area contributed by atoms with E-state index in [1.54, 1.807) is 11.0 Å². The number of H-pyrrole nitrogens is 1. The lowest BCUT2D eigenvalue weighted by Crippen LogP contribution is -2.44. The molecule has 24 heavy (non-hydrogen) atoms. The molecule has 1 aromatic carbocycles. The summed E-state index contributed by atoms with van der Waals surface area (Å²) in [5.74, 6) is 0.136. The molecule has 4 rings (SSSR count). The van der Waals surface area contributed by atoms with Crippen LogP contribution < -0.4 is 0 Å². The van der Waals surface area contributed by atoms with Crippen LogP contribution in [0.15, 0.2) is 34.8 Å². The van der Waals surface area contributed by atoms with Crippen LogP contribution in [0.5, 0.6) is 0 Å². The van der Waals surface area contributed by atoms with E-state index in [0.717, 1.165) is 16.5 Å². The summed E-state index contributed by atoms with van der Waals surface area (Å²) >= 11 is 3.39. The number of fused-ring (bicyclic) bond motifs is 1. The second-order valence-electron chi connectivity index (χ2n) is 6.26. The molecule has 1 aliphatic carbocycles. The maximum atomic E-state index is 12.8. The molecule has 1 amide bonds. The van der Waals surface area contributed by atoms with Crippen LogP contribution in [-0.2, 0) is 9.53 Å². The second kappa shape index (κ2) is 5.73. The van der Waals surface area contributed by atoms with Gasteiger partial charge < -0.3 is 9.64 Å². The van der Waals surface area contributed by atoms with Gasteiger partial charge in [-0.1, -0.05) is 28.1 Å². The van der Waals surface area contributed by atoms with Crippen LogP contribution in [0.2, 0.25) is 0 Å². The molecule has 1 aliphatic heterocycles. The van der Waals surface area contributed by atoms with Gasteiger partial charge in [-0.05, 0) is 36.5 Å². The molecule has 2 aliphatic rings. The van der Waals surface area contributed by atoms with Gasteiger partial charge in [0.15, 0.2) is 0 Å². The van der Waals surface area contributed by atoms with Gasteiger partial charge in [-0.25, -0.2) is 4.79 Å². The minimum absolute atomic E-state index is 0.200. The van der Waals surface area contributed by atoms with Crippen LogP contribution in [0.4, 0.5) is 0 Å². The molecule has 1 N–H and O–H groups in total. The monoisotopic (exact) mass is 389 g/mol. The summed E-state index contributed by atoms with van der Waals surface area (Å²) in [6, 6.07) is 8.96. The SMILES string of the molecule is COC(=O)[C@@H]1[C@@H]2C[C@@H]2CN1C(=O)c1cc(-c2ccc(Br)cc2)n[nH]1. The largest absolute Gasteiger partial charge is 0.467 e. The quantitative estimate of drug-likeness (QED) is 0.818. The number of piperidine rings is 1. The normalized spacial score (nSPS) is 24.6. The number of ether oxygens (including phenoxy) is 1. The predicted octanol–water partition coefficient (Wildman–Crippen LogP) is 2.47. The lowest BCUT2D eigenvalue weighted by Gasteiger charge is -2.24. The predicted molar refractivity (Wildman–Crippen MR) is 90.2 cm³/mol. The van der Waals surface area contributed by atoms with Crippen LogP contribution >= 0.6 is 15.9 Å². The Bertz CT molecular complexity index is 802. The number of amides is 1. The molecule has 2 heterocycles. The highest BCUT2D eigenvalue weighted by molar-refractivity contribution is 9.10. The van der Waals surface area contributed by atoms with E-state index in [2.05, 4.69) is 26.1 Å². The maximum absolute atomic E-state index is 12.8. The van der Waals surface area contributed by atoms with Crippen molar-refractivity contribution in [3.05, 3.63) is 40.5 Å². The number of aromatic nitrogens is 2. The summed E-state index contributed by atoms with van der Waals surface area (Å²) in [6.07, 6.45) is 0.997. The molecular weight excluding hydrogens is 374 g/mol. The van der Waals surface area contributed by atoms with Crippen molar-refractivity contribution in [2.75, 3.05) is 13.7 Å². The number of methoxy groups -OCH3 is 1. The Morgan fingerprint density at radius 1 is 1.33 bits per heavy atom. The van der Waals surface area contributed by atoms with E-state index in [1.165, 1.54) is 7.11 Å². The van der Waals surface area contributed by atoms with Crippen molar-refractivity contribution < 1.29 is 14.3 Å². The van der Waals surface area contributed by atoms with E-state index in [0.29, 0.717) is 23.9 Å². The molecule has 1 saturated carbocycles. The standard InChI is InChI=1S/C17H16BrN3O3/c1-24-17(23)15-12-6-10(12)8-21(15)16(22)14-7-13(19-20-14)9-2-4-11(18)5-3-9/h2-5,7,10,12,15H,6,8H2,1H3,(H,19,20)/t10-,12-,15+/m1/s1. The van der Waals surface area contributed by atoms with Crippen molar-refractivity contribution >= 4 is 27.8 Å². The van der Waals surface area contributed by atoms with Crippen molar-refractivity contribution in [1.29, 1.82) is 0 Å². The van der Waals surface area contributed by atoms with E-state index >= 15 is 0 Å². The third kappa shape index (κ3) is 2.53. The van der Waals surface area contributed by atoms with Crippen molar-refractivity contribution in [3.63, 3.8) is 0 Å². The van der Waals surface area contributed by atoms with Crippen molar-refractivity contribution in [1.82, 2.24) is 15.1 Å². The number of hydrogen-bond acceptors (Lipinski definition) is 4. The minimum Gasteiger partial charge on any atom is -0.467 e. The highest BCUT2D eigenvalue weighted by Crippen LogP contribution is 2.50. The van der Waals surface area contributed by atoms with Crippen LogP contribution in [0.3, 0.4) is 0 Å². The van der Waals surface area contributed by atoms with Gasteiger partial charge in [0.05, 0.1) is 12.8 Å². The van der Waals surface area contributed by atoms with Gasteiger partial charge in [-0.2, -0.15) is 5.10 Å². The van der Waals surface area contributed by atoms with E-state index < -0.39 is 6.04 Å². The van der Waals surface area contributed by atoms with Crippen molar-refractivity contribution in [3.8, 4) is 11.3 Å². The Morgan fingerprint density at radius 2 is 2.08 bits per heavy atom. The number of benzene rings is 1. The molecule has 2 aromatic rings. The van der Waals surface area contributed by atoms with Crippen LogP contribution in [-0.4, -0.2) is 46.7 Å². The molecule has 3 atom stereocenters. The fraction of sp³-hybridized carbons (Fsp3) is 0.353. The number of nitrogens with one attached hydrogen (secondary N) is 1. The number of carbonyl (C=O) groups is 2. The van der Waals surface area contributed by atoms with Crippen LogP contribution in [0.25, 0.3) is 11.3 Å². The zero-order chi connectivity index (χ0) is 16.8. The first-order valence-corrected chi connectivity index (χ1v) is 8.58. The van der Waals surface area contributed by atoms with Gasteiger partial charge in [0.1, 0.15) is 11.7 Å². The summed E-state index contributed by atoms with van der Waals surface area (Å²) in [5, 5.41) is 7.02. The fourth-order valence-corrected chi connectivity index (χ4v) is 3.72. The first kappa shape index (κ1) is 15.4. The van der Waals surface area contributed by atoms with E-state index in [-0.39, 0.29) is 17.8 Å². The molecule has 0 spiro atoms. The number of carbonyl (C=O) groups excluding carboxylic acids is 2. The summed E-state index contributed by atoms with van der Waals surface area (Å²) < 4.78 is 5.85. The number of aromatic amines is 1. The molecule has 124 valence electrons. The molecule has 0 bridgehead atoms. The highest BCUT2D eigenvalue weighted by atomic mass is 79.9. The average molecular weight is 390 g/mol. The van der Waals surface area contributed by atoms with Crippen molar-refractivity contribution in [2.24, 2.45) is 11.8 Å². The number of esters is 1. The van der Waals surface area contributed by atoms with Crippen LogP contribution in [0, 0.1) is 11.8 Å². The molecular formula is C17H16BrN3O3. The van der Waals surface area contributed by atoms with Crippen molar-refractivity contribution in [2.45, 2.75) is 12.5 Å². The number of likely N-dealkylation sites (tertiary alicyclic amines) is 1. The summed E-state index contributed by atoms with van der Waals surface area (Å²) in [6.45, 7) is 0.607. The van der Waals surface area contributed by atoms with Gasteiger partial charge in [0.25, 0.3) is 5.91 Å². The molecule has 2 fully saturated rings. The zero-order valence-electron chi connectivity index (χ0n) is 13.0. The Morgan fingerprint density at radius 3 is 2.79 bits per heavy atom. The third-order valence-electron chi connectivity index (χ3n) is 4.80. The van der Waals surface area contributed by atoms with Gasteiger partial charge in [0.2, 0.25) is 0 Å². The summed E-state index contributed by atoms with van der Waals surface area (Å²) in [4.78, 5) is 26.4. The number of nitrogens with zero attached hydrogens (tertiary/aromatic N) is 2. The fourth-order valence-electron chi connectivity index (χ4n) is 3.45. The number of rotatable bonds is 3. The molecule has 0 unspecified atom stereocenters. The van der Waals surface area contributed by atoms with Gasteiger partial charge in [-0.15, -0.1) is 0 Å². The smallest absolute Gasteiger partial charge is 0.328 e. The van der Waals surface area contributed by atoms with Crippen LogP contribution in [0.1, 0.15) is 16.9 Å². The molecule has 1 aromatic heterocycles. The van der Waals surface area contributed by atoms with Gasteiger partial charge >= 0.3 is 5.97 Å². The Kier molecular flexibility index (Phi) is 3.68. The molecule has 1 saturated heterocycles. The Labute approximate surface area is 147 Å². The van der Waals surface area contributed by atoms with E-state index in [9.17, 15) is 9.59 Å². The highest BCUT2D eigenvalue weighted by Gasteiger charge is 2.57. The zero-order valence-corrected chi connectivity index (χ0v) is 14.6. The Balaban J connectivity index is 1.57. The molecule has 7 heteroatoms. The third-order valence-corrected chi connectivity index (χ3v) is 5.33. The van der Waals surface area contributed by atoms with Gasteiger partial charge in [-0.3, -0.25) is 9.89 Å². The van der Waals surface area contributed by atoms with Gasteiger partial charge in [0, 0.05) is 16.6 Å². The molecule has 6 nitrogen and oxygen atoms in total. The molecule has 0 radical (unpaired) electrons. The number of halogens is 1. The summed E-state index contributed by atoms with van der Waals surface area (Å²) in [7, 11) is 1.36. The minimum atomic E-state index is -0.466. The van der Waals surface area contributed by atoms with E-state index in [4.69, 9.17) is 4.74 Å². The first-order chi connectivity index (χ1) is 11.6. The second-order valence-corrected chi connectivity index (χ2v) is 7.17. The number of hydrogen-bond donors (Lipinski definition) is 1. The van der Waals surface area contributed by atoms with E-state index in [1.807, 2.05) is 24.3 Å². The summed E-state index contributed by atoms with van der Waals surface area (Å²) in [5.41, 5.74) is 2.01. The topological polar surface area (TPSA) is 75.3 Å². The lowest BCUT2D eigenvalue weighted by atomic mass is 10.1. The lowest BCUT2D eigenvalue weighted by molar-refractivity contribution is -0.145. The Hall–Kier alpha value is -2.15. The first-order valence-electron chi connectivity index (χ1n) is 7.78.